The van der Waals surface area contributed by atoms with Crippen molar-refractivity contribution in [1.29, 1.82) is 0 Å². The van der Waals surface area contributed by atoms with E-state index in [0.717, 1.165) is 13.0 Å². The van der Waals surface area contributed by atoms with Gasteiger partial charge in [-0.15, -0.1) is 0 Å². The highest BCUT2D eigenvalue weighted by molar-refractivity contribution is 5.46. The Morgan fingerprint density at radius 3 is 2.63 bits per heavy atom. The van der Waals surface area contributed by atoms with Gasteiger partial charge >= 0.3 is 0 Å². The van der Waals surface area contributed by atoms with E-state index in [2.05, 4.69) is 85.2 Å². The lowest BCUT2D eigenvalue weighted by Crippen LogP contribution is -2.41. The van der Waals surface area contributed by atoms with E-state index in [0.29, 0.717) is 17.8 Å². The molecule has 3 rings (SSSR count). The molecule has 1 heterocycles. The predicted octanol–water partition coefficient (Wildman–Crippen LogP) is 5.59. The van der Waals surface area contributed by atoms with Crippen molar-refractivity contribution in [3.05, 3.63) is 77.9 Å². The fourth-order valence-corrected chi connectivity index (χ4v) is 4.42. The molecule has 1 saturated heterocycles. The topological polar surface area (TPSA) is 15.3 Å². The van der Waals surface area contributed by atoms with Crippen molar-refractivity contribution in [3.8, 4) is 0 Å². The maximum Gasteiger partial charge on any atom is 0.0340 e. The molecule has 144 valence electrons. The summed E-state index contributed by atoms with van der Waals surface area (Å²) in [5.74, 6) is 1.86. The summed E-state index contributed by atoms with van der Waals surface area (Å²) in [4.78, 5) is 2.66. The number of hydrogen-bond acceptors (Lipinski definition) is 2. The first-order chi connectivity index (χ1) is 13.1. The van der Waals surface area contributed by atoms with Crippen LogP contribution in [0, 0.1) is 11.8 Å². The van der Waals surface area contributed by atoms with Crippen LogP contribution < -0.4 is 5.32 Å². The van der Waals surface area contributed by atoms with E-state index < -0.39 is 0 Å². The summed E-state index contributed by atoms with van der Waals surface area (Å²) in [5, 5.41) is 3.27. The average Bonchev–Trinajstić information content (AvgIpc) is 2.68. The molecule has 0 bridgehead atoms. The van der Waals surface area contributed by atoms with Gasteiger partial charge in [0.15, 0.2) is 0 Å². The third kappa shape index (κ3) is 5.23. The van der Waals surface area contributed by atoms with Gasteiger partial charge < -0.3 is 10.2 Å². The minimum Gasteiger partial charge on any atom is -0.388 e. The Bertz CT molecular complexity index is 737. The molecule has 1 N–H and O–H groups in total. The number of piperidine rings is 1. The largest absolute Gasteiger partial charge is 0.388 e. The molecule has 2 heteroatoms. The first-order valence-electron chi connectivity index (χ1n) is 10.3. The van der Waals surface area contributed by atoms with Crippen LogP contribution in [0.25, 0.3) is 0 Å². The van der Waals surface area contributed by atoms with Crippen LogP contribution >= 0.6 is 0 Å². The molecule has 3 unspecified atom stereocenters. The van der Waals surface area contributed by atoms with E-state index in [1.165, 1.54) is 41.9 Å². The molecular weight excluding hydrogens is 328 g/mol. The number of benzene rings is 2. The standard InChI is InChI=1S/C25H34N2/c1-19(2)23(15-21-9-6-5-7-10-21)18-27-14-13-25(20(3)17-27)22-11-8-12-24(16-22)26-4/h5-12,16,20,23,25-26H,1,13-15,17-18H2,2-4H3. The van der Waals surface area contributed by atoms with Crippen LogP contribution in [0.5, 0.6) is 0 Å². The van der Waals surface area contributed by atoms with Crippen molar-refractivity contribution in [1.82, 2.24) is 4.90 Å². The first-order valence-corrected chi connectivity index (χ1v) is 10.3. The van der Waals surface area contributed by atoms with Gasteiger partial charge in [0, 0.05) is 25.8 Å². The van der Waals surface area contributed by atoms with Crippen molar-refractivity contribution in [3.63, 3.8) is 0 Å². The van der Waals surface area contributed by atoms with Gasteiger partial charge in [-0.3, -0.25) is 0 Å². The Morgan fingerprint density at radius 1 is 1.19 bits per heavy atom. The molecule has 1 aliphatic rings. The number of nitrogens with one attached hydrogen (secondary N) is 1. The molecule has 0 amide bonds. The van der Waals surface area contributed by atoms with Crippen molar-refractivity contribution < 1.29 is 0 Å². The normalized spacial score (nSPS) is 21.6. The van der Waals surface area contributed by atoms with Crippen LogP contribution in [-0.2, 0) is 6.42 Å². The monoisotopic (exact) mass is 362 g/mol. The number of likely N-dealkylation sites (tertiary alicyclic amines) is 1. The lowest BCUT2D eigenvalue weighted by Gasteiger charge is -2.39. The minimum atomic E-state index is 0.531. The molecule has 3 atom stereocenters. The van der Waals surface area contributed by atoms with Gasteiger partial charge in [0.25, 0.3) is 0 Å². The van der Waals surface area contributed by atoms with Crippen LogP contribution in [0.1, 0.15) is 37.3 Å². The molecule has 0 radical (unpaired) electrons. The number of anilines is 1. The Hall–Kier alpha value is -2.06. The summed E-state index contributed by atoms with van der Waals surface area (Å²) >= 11 is 0. The van der Waals surface area contributed by atoms with Crippen LogP contribution in [0.15, 0.2) is 66.7 Å². The molecule has 2 aromatic rings. The van der Waals surface area contributed by atoms with Crippen molar-refractivity contribution >= 4 is 5.69 Å². The van der Waals surface area contributed by atoms with Gasteiger partial charge in [0.2, 0.25) is 0 Å². The van der Waals surface area contributed by atoms with Crippen LogP contribution in [0.3, 0.4) is 0 Å². The van der Waals surface area contributed by atoms with E-state index in [-0.39, 0.29) is 0 Å². The van der Waals surface area contributed by atoms with Crippen molar-refractivity contribution in [2.24, 2.45) is 11.8 Å². The third-order valence-corrected chi connectivity index (χ3v) is 6.09. The summed E-state index contributed by atoms with van der Waals surface area (Å²) in [6.07, 6.45) is 2.33. The fraction of sp³-hybridized carbons (Fsp3) is 0.440. The zero-order valence-corrected chi connectivity index (χ0v) is 17.1. The van der Waals surface area contributed by atoms with Gasteiger partial charge in [-0.1, -0.05) is 61.5 Å². The number of rotatable bonds is 7. The lowest BCUT2D eigenvalue weighted by atomic mass is 9.81. The maximum absolute atomic E-state index is 4.28. The summed E-state index contributed by atoms with van der Waals surface area (Å²) < 4.78 is 0. The maximum atomic E-state index is 4.28. The highest BCUT2D eigenvalue weighted by Gasteiger charge is 2.28. The molecule has 0 spiro atoms. The van der Waals surface area contributed by atoms with Gasteiger partial charge in [-0.2, -0.15) is 0 Å². The zero-order valence-electron chi connectivity index (χ0n) is 17.1. The van der Waals surface area contributed by atoms with Crippen molar-refractivity contribution in [2.75, 3.05) is 32.0 Å². The Labute approximate surface area is 165 Å². The molecule has 1 aliphatic heterocycles. The van der Waals surface area contributed by atoms with E-state index in [1.807, 2.05) is 7.05 Å². The molecule has 0 aliphatic carbocycles. The lowest BCUT2D eigenvalue weighted by molar-refractivity contribution is 0.148. The molecular formula is C25H34N2. The van der Waals surface area contributed by atoms with Gasteiger partial charge in [0.05, 0.1) is 0 Å². The SMILES string of the molecule is C=C(C)C(Cc1ccccc1)CN1CCC(c2cccc(NC)c2)C(C)C1. The Morgan fingerprint density at radius 2 is 1.96 bits per heavy atom. The van der Waals surface area contributed by atoms with Gasteiger partial charge in [-0.25, -0.2) is 0 Å². The van der Waals surface area contributed by atoms with Crippen molar-refractivity contribution in [2.45, 2.75) is 32.6 Å². The predicted molar refractivity (Wildman–Crippen MR) is 117 cm³/mol. The zero-order chi connectivity index (χ0) is 19.2. The summed E-state index contributed by atoms with van der Waals surface area (Å²) in [6.45, 7) is 12.4. The van der Waals surface area contributed by atoms with Crippen LogP contribution in [0.2, 0.25) is 0 Å². The molecule has 0 aromatic heterocycles. The first kappa shape index (κ1) is 19.7. The smallest absolute Gasteiger partial charge is 0.0340 e. The summed E-state index contributed by atoms with van der Waals surface area (Å²) in [6, 6.07) is 19.8. The second kappa shape index (κ2) is 9.23. The summed E-state index contributed by atoms with van der Waals surface area (Å²) in [7, 11) is 2.00. The van der Waals surface area contributed by atoms with E-state index in [9.17, 15) is 0 Å². The number of nitrogens with zero attached hydrogens (tertiary/aromatic N) is 1. The third-order valence-electron chi connectivity index (χ3n) is 6.09. The molecule has 27 heavy (non-hydrogen) atoms. The van der Waals surface area contributed by atoms with Crippen LogP contribution in [0.4, 0.5) is 5.69 Å². The molecule has 1 fully saturated rings. The van der Waals surface area contributed by atoms with E-state index >= 15 is 0 Å². The fourth-order valence-electron chi connectivity index (χ4n) is 4.42. The molecule has 2 aromatic carbocycles. The van der Waals surface area contributed by atoms with E-state index in [4.69, 9.17) is 0 Å². The molecule has 2 nitrogen and oxygen atoms in total. The highest BCUT2D eigenvalue weighted by atomic mass is 15.1. The van der Waals surface area contributed by atoms with Gasteiger partial charge in [0.1, 0.15) is 0 Å². The minimum absolute atomic E-state index is 0.531. The second-order valence-electron chi connectivity index (χ2n) is 8.24. The number of hydrogen-bond donors (Lipinski definition) is 1. The van der Waals surface area contributed by atoms with Gasteiger partial charge in [-0.05, 0) is 67.3 Å². The Kier molecular flexibility index (Phi) is 6.73. The summed E-state index contributed by atoms with van der Waals surface area (Å²) in [5.41, 5.74) is 5.41. The average molecular weight is 363 g/mol. The van der Waals surface area contributed by atoms with Crippen LogP contribution in [-0.4, -0.2) is 31.6 Å². The second-order valence-corrected chi connectivity index (χ2v) is 8.24. The molecule has 0 saturated carbocycles. The quantitative estimate of drug-likeness (QED) is 0.646. The highest BCUT2D eigenvalue weighted by Crippen LogP contribution is 2.34. The Balaban J connectivity index is 1.61. The van der Waals surface area contributed by atoms with E-state index in [1.54, 1.807) is 0 Å².